The van der Waals surface area contributed by atoms with E-state index in [4.69, 9.17) is 9.47 Å². The number of rotatable bonds is 3. The van der Waals surface area contributed by atoms with Gasteiger partial charge in [-0.15, -0.1) is 0 Å². The third-order valence-electron chi connectivity index (χ3n) is 3.78. The highest BCUT2D eigenvalue weighted by Gasteiger charge is 2.21. The van der Waals surface area contributed by atoms with E-state index in [0.717, 1.165) is 19.1 Å². The standard InChI is InChI=1S/C14H24O2/c1-11-3-5-13(6-4-11)7-8-14-10-15-12(2)9-16-14/h3,12-14H,4-10H2,1-2H3. The maximum atomic E-state index is 5.76. The van der Waals surface area contributed by atoms with Gasteiger partial charge in [-0.05, 0) is 51.9 Å². The molecule has 0 N–H and O–H groups in total. The molecule has 3 atom stereocenters. The van der Waals surface area contributed by atoms with Crippen molar-refractivity contribution in [1.29, 1.82) is 0 Å². The molecule has 0 aromatic carbocycles. The van der Waals surface area contributed by atoms with Crippen LogP contribution in [0.15, 0.2) is 11.6 Å². The summed E-state index contributed by atoms with van der Waals surface area (Å²) in [5.74, 6) is 0.881. The van der Waals surface area contributed by atoms with E-state index in [1.165, 1.54) is 32.1 Å². The molecular formula is C14H24O2. The van der Waals surface area contributed by atoms with E-state index < -0.39 is 0 Å². The van der Waals surface area contributed by atoms with E-state index >= 15 is 0 Å². The quantitative estimate of drug-likeness (QED) is 0.685. The zero-order chi connectivity index (χ0) is 11.4. The first-order chi connectivity index (χ1) is 7.74. The van der Waals surface area contributed by atoms with E-state index in [0.29, 0.717) is 6.10 Å². The zero-order valence-electron chi connectivity index (χ0n) is 10.6. The predicted molar refractivity (Wildman–Crippen MR) is 65.5 cm³/mol. The van der Waals surface area contributed by atoms with Gasteiger partial charge in [0.15, 0.2) is 0 Å². The van der Waals surface area contributed by atoms with E-state index in [2.05, 4.69) is 19.9 Å². The molecule has 0 aromatic heterocycles. The molecule has 2 rings (SSSR count). The van der Waals surface area contributed by atoms with Gasteiger partial charge in [0, 0.05) is 0 Å². The fraction of sp³-hybridized carbons (Fsp3) is 0.857. The van der Waals surface area contributed by atoms with Crippen LogP contribution in [0, 0.1) is 5.92 Å². The summed E-state index contributed by atoms with van der Waals surface area (Å²) in [7, 11) is 0. The highest BCUT2D eigenvalue weighted by Crippen LogP contribution is 2.28. The lowest BCUT2D eigenvalue weighted by Crippen LogP contribution is -2.34. The van der Waals surface area contributed by atoms with Crippen molar-refractivity contribution in [3.8, 4) is 0 Å². The topological polar surface area (TPSA) is 18.5 Å². The lowest BCUT2D eigenvalue weighted by atomic mass is 9.86. The predicted octanol–water partition coefficient (Wildman–Crippen LogP) is 3.32. The first kappa shape index (κ1) is 12.1. The fourth-order valence-electron chi connectivity index (χ4n) is 2.51. The van der Waals surface area contributed by atoms with Crippen LogP contribution in [0.4, 0.5) is 0 Å². The van der Waals surface area contributed by atoms with Crippen molar-refractivity contribution in [2.24, 2.45) is 5.92 Å². The molecule has 92 valence electrons. The third-order valence-corrected chi connectivity index (χ3v) is 3.78. The Hall–Kier alpha value is -0.340. The van der Waals surface area contributed by atoms with Gasteiger partial charge in [0.1, 0.15) is 0 Å². The van der Waals surface area contributed by atoms with Crippen molar-refractivity contribution in [3.63, 3.8) is 0 Å². The Balaban J connectivity index is 1.64. The van der Waals surface area contributed by atoms with E-state index in [1.54, 1.807) is 5.57 Å². The minimum Gasteiger partial charge on any atom is -0.373 e. The molecular weight excluding hydrogens is 200 g/mol. The summed E-state index contributed by atoms with van der Waals surface area (Å²) in [6.45, 7) is 5.89. The average molecular weight is 224 g/mol. The van der Waals surface area contributed by atoms with Crippen LogP contribution in [-0.4, -0.2) is 25.4 Å². The third kappa shape index (κ3) is 3.60. The smallest absolute Gasteiger partial charge is 0.0810 e. The number of hydrogen-bond acceptors (Lipinski definition) is 2. The molecule has 0 spiro atoms. The molecule has 1 heterocycles. The van der Waals surface area contributed by atoms with E-state index in [1.807, 2.05) is 0 Å². The fourth-order valence-corrected chi connectivity index (χ4v) is 2.51. The van der Waals surface area contributed by atoms with Gasteiger partial charge in [-0.3, -0.25) is 0 Å². The number of hydrogen-bond donors (Lipinski definition) is 0. The van der Waals surface area contributed by atoms with Gasteiger partial charge < -0.3 is 9.47 Å². The summed E-state index contributed by atoms with van der Waals surface area (Å²) in [5.41, 5.74) is 1.57. The van der Waals surface area contributed by atoms with Gasteiger partial charge in [-0.1, -0.05) is 11.6 Å². The molecule has 2 heteroatoms. The van der Waals surface area contributed by atoms with Crippen LogP contribution in [0.25, 0.3) is 0 Å². The Morgan fingerprint density at radius 1 is 1.25 bits per heavy atom. The van der Waals surface area contributed by atoms with Crippen molar-refractivity contribution in [1.82, 2.24) is 0 Å². The van der Waals surface area contributed by atoms with Gasteiger partial charge in [-0.2, -0.15) is 0 Å². The molecule has 0 saturated carbocycles. The average Bonchev–Trinajstić information content (AvgIpc) is 2.30. The second-order valence-electron chi connectivity index (χ2n) is 5.37. The monoisotopic (exact) mass is 224 g/mol. The molecule has 16 heavy (non-hydrogen) atoms. The first-order valence-corrected chi connectivity index (χ1v) is 6.63. The summed E-state index contributed by atoms with van der Waals surface area (Å²) >= 11 is 0. The zero-order valence-corrected chi connectivity index (χ0v) is 10.6. The minimum atomic E-state index is 0.288. The molecule has 2 aliphatic rings. The molecule has 0 radical (unpaired) electrons. The summed E-state index contributed by atoms with van der Waals surface area (Å²) < 4.78 is 11.4. The number of ether oxygens (including phenoxy) is 2. The van der Waals surface area contributed by atoms with Crippen LogP contribution in [0.3, 0.4) is 0 Å². The van der Waals surface area contributed by atoms with Crippen molar-refractivity contribution in [2.45, 2.75) is 58.2 Å². The van der Waals surface area contributed by atoms with Gasteiger partial charge in [0.2, 0.25) is 0 Å². The normalized spacial score (nSPS) is 35.9. The lowest BCUT2D eigenvalue weighted by molar-refractivity contribution is -0.129. The minimum absolute atomic E-state index is 0.288. The Morgan fingerprint density at radius 2 is 2.12 bits per heavy atom. The van der Waals surface area contributed by atoms with Gasteiger partial charge >= 0.3 is 0 Å². The Labute approximate surface area is 99.0 Å². The van der Waals surface area contributed by atoms with Crippen LogP contribution >= 0.6 is 0 Å². The summed E-state index contributed by atoms with van der Waals surface area (Å²) in [4.78, 5) is 0. The molecule has 3 unspecified atom stereocenters. The highest BCUT2D eigenvalue weighted by molar-refractivity contribution is 5.02. The second kappa shape index (κ2) is 5.83. The van der Waals surface area contributed by atoms with Crippen LogP contribution in [0.1, 0.15) is 46.0 Å². The van der Waals surface area contributed by atoms with Crippen molar-refractivity contribution in [2.75, 3.05) is 13.2 Å². The molecule has 1 aliphatic carbocycles. The molecule has 0 bridgehead atoms. The summed E-state index contributed by atoms with van der Waals surface area (Å²) in [6.07, 6.45) is 9.45. The Morgan fingerprint density at radius 3 is 2.75 bits per heavy atom. The molecule has 0 amide bonds. The van der Waals surface area contributed by atoms with Crippen molar-refractivity contribution < 1.29 is 9.47 Å². The largest absolute Gasteiger partial charge is 0.373 e. The number of allylic oxidation sites excluding steroid dienone is 2. The van der Waals surface area contributed by atoms with Gasteiger partial charge in [-0.25, -0.2) is 0 Å². The van der Waals surface area contributed by atoms with E-state index in [-0.39, 0.29) is 6.10 Å². The van der Waals surface area contributed by atoms with Crippen molar-refractivity contribution in [3.05, 3.63) is 11.6 Å². The Kier molecular flexibility index (Phi) is 4.42. The Bertz CT molecular complexity index is 239. The molecule has 1 fully saturated rings. The maximum absolute atomic E-state index is 5.76. The lowest BCUT2D eigenvalue weighted by Gasteiger charge is -2.29. The van der Waals surface area contributed by atoms with E-state index in [9.17, 15) is 0 Å². The van der Waals surface area contributed by atoms with Crippen LogP contribution in [0.5, 0.6) is 0 Å². The highest BCUT2D eigenvalue weighted by atomic mass is 16.6. The van der Waals surface area contributed by atoms with Crippen molar-refractivity contribution >= 4 is 0 Å². The van der Waals surface area contributed by atoms with Gasteiger partial charge in [0.05, 0.1) is 25.4 Å². The molecule has 2 nitrogen and oxygen atoms in total. The van der Waals surface area contributed by atoms with Crippen LogP contribution in [-0.2, 0) is 9.47 Å². The van der Waals surface area contributed by atoms with Crippen LogP contribution in [0.2, 0.25) is 0 Å². The molecule has 1 aliphatic heterocycles. The molecule has 0 aromatic rings. The SMILES string of the molecule is CC1=CCC(CCC2COC(C)CO2)CC1. The maximum Gasteiger partial charge on any atom is 0.0810 e. The van der Waals surface area contributed by atoms with Gasteiger partial charge in [0.25, 0.3) is 0 Å². The summed E-state index contributed by atoms with van der Waals surface area (Å²) in [6, 6.07) is 0. The first-order valence-electron chi connectivity index (χ1n) is 6.63. The second-order valence-corrected chi connectivity index (χ2v) is 5.37. The van der Waals surface area contributed by atoms with Crippen LogP contribution < -0.4 is 0 Å². The molecule has 1 saturated heterocycles. The summed E-state index contributed by atoms with van der Waals surface area (Å²) in [5, 5.41) is 0.